The lowest BCUT2D eigenvalue weighted by Crippen LogP contribution is -2.22. The van der Waals surface area contributed by atoms with Gasteiger partial charge in [-0.15, -0.1) is 0 Å². The molecule has 1 aromatic carbocycles. The molecular weight excluding hydrogens is 297 g/mol. The minimum Gasteiger partial charge on any atom is -0.456 e. The van der Waals surface area contributed by atoms with Crippen molar-refractivity contribution in [3.05, 3.63) is 29.0 Å². The Bertz CT molecular complexity index is 530. The molecule has 0 spiro atoms. The number of rotatable bonds is 5. The largest absolute Gasteiger partial charge is 0.456 e. The number of nitrogens with one attached hydrogen (secondary N) is 1. The molecule has 0 radical (unpaired) electrons. The summed E-state index contributed by atoms with van der Waals surface area (Å²) in [5.74, 6) is -1.20. The molecule has 1 aliphatic carbocycles. The number of hydrogen-bond donors (Lipinski definition) is 1. The summed E-state index contributed by atoms with van der Waals surface area (Å²) < 4.78 is 18.3. The molecule has 0 aromatic heterocycles. The van der Waals surface area contributed by atoms with Gasteiger partial charge < -0.3 is 10.1 Å². The van der Waals surface area contributed by atoms with E-state index in [4.69, 9.17) is 16.3 Å². The quantitative estimate of drug-likeness (QED) is 0.846. The summed E-state index contributed by atoms with van der Waals surface area (Å²) in [4.78, 5) is 23.2. The Kier molecular flexibility index (Phi) is 5.56. The molecule has 1 N–H and O–H groups in total. The van der Waals surface area contributed by atoms with Crippen LogP contribution in [0.2, 0.25) is 5.02 Å². The van der Waals surface area contributed by atoms with Gasteiger partial charge in [0.2, 0.25) is 0 Å². The Morgan fingerprint density at radius 2 is 2.05 bits per heavy atom. The van der Waals surface area contributed by atoms with Gasteiger partial charge in [0.15, 0.2) is 6.61 Å². The van der Waals surface area contributed by atoms with Crippen molar-refractivity contribution >= 4 is 29.2 Å². The lowest BCUT2D eigenvalue weighted by Gasteiger charge is -2.10. The van der Waals surface area contributed by atoms with Crippen molar-refractivity contribution < 1.29 is 18.7 Å². The number of benzene rings is 1. The molecule has 0 saturated heterocycles. The highest BCUT2D eigenvalue weighted by Gasteiger charge is 2.19. The first kappa shape index (κ1) is 15.8. The SMILES string of the molecule is O=C(COC(=O)CC1CCCC1)Nc1cc(Cl)ccc1F. The minimum atomic E-state index is -0.593. The second-order valence-electron chi connectivity index (χ2n) is 5.19. The number of carbonyl (C=O) groups is 2. The number of anilines is 1. The smallest absolute Gasteiger partial charge is 0.306 e. The second-order valence-corrected chi connectivity index (χ2v) is 5.62. The Balaban J connectivity index is 1.76. The zero-order valence-electron chi connectivity index (χ0n) is 11.5. The topological polar surface area (TPSA) is 55.4 Å². The molecule has 0 bridgehead atoms. The normalized spacial score (nSPS) is 15.0. The zero-order chi connectivity index (χ0) is 15.2. The number of amides is 1. The molecular formula is C15H17ClFNO3. The van der Waals surface area contributed by atoms with Crippen LogP contribution in [0.1, 0.15) is 32.1 Å². The van der Waals surface area contributed by atoms with Crippen LogP contribution in [0.3, 0.4) is 0 Å². The van der Waals surface area contributed by atoms with E-state index in [-0.39, 0.29) is 11.7 Å². The van der Waals surface area contributed by atoms with Crippen molar-refractivity contribution in [3.63, 3.8) is 0 Å². The summed E-state index contributed by atoms with van der Waals surface area (Å²) in [6, 6.07) is 3.84. The molecule has 0 unspecified atom stereocenters. The second kappa shape index (κ2) is 7.41. The summed E-state index contributed by atoms with van der Waals surface area (Å²) >= 11 is 5.72. The van der Waals surface area contributed by atoms with E-state index in [0.717, 1.165) is 31.7 Å². The fraction of sp³-hybridized carbons (Fsp3) is 0.467. The number of carbonyl (C=O) groups excluding carboxylic acids is 2. The van der Waals surface area contributed by atoms with Gasteiger partial charge in [-0.2, -0.15) is 0 Å². The predicted octanol–water partition coefficient (Wildman–Crippen LogP) is 3.54. The van der Waals surface area contributed by atoms with E-state index in [1.165, 1.54) is 12.1 Å². The Hall–Kier alpha value is -1.62. The summed E-state index contributed by atoms with van der Waals surface area (Å²) in [7, 11) is 0. The highest BCUT2D eigenvalue weighted by molar-refractivity contribution is 6.30. The summed E-state index contributed by atoms with van der Waals surface area (Å²) in [6.07, 6.45) is 4.71. The van der Waals surface area contributed by atoms with Crippen LogP contribution in [-0.2, 0) is 14.3 Å². The van der Waals surface area contributed by atoms with Gasteiger partial charge in [-0.3, -0.25) is 9.59 Å². The van der Waals surface area contributed by atoms with Crippen molar-refractivity contribution in [1.82, 2.24) is 0 Å². The maximum Gasteiger partial charge on any atom is 0.306 e. The van der Waals surface area contributed by atoms with E-state index in [9.17, 15) is 14.0 Å². The molecule has 1 fully saturated rings. The molecule has 1 aliphatic rings. The van der Waals surface area contributed by atoms with Crippen LogP contribution in [0.25, 0.3) is 0 Å². The first-order valence-corrected chi connectivity index (χ1v) is 7.33. The summed E-state index contributed by atoms with van der Waals surface area (Å²) in [6.45, 7) is -0.419. The highest BCUT2D eigenvalue weighted by Crippen LogP contribution is 2.27. The molecule has 1 aromatic rings. The van der Waals surface area contributed by atoms with Gasteiger partial charge in [0.05, 0.1) is 5.69 Å². The van der Waals surface area contributed by atoms with Gasteiger partial charge in [0.25, 0.3) is 5.91 Å². The predicted molar refractivity (Wildman–Crippen MR) is 77.6 cm³/mol. The Labute approximate surface area is 127 Å². The van der Waals surface area contributed by atoms with Crippen molar-refractivity contribution in [2.75, 3.05) is 11.9 Å². The molecule has 4 nitrogen and oxygen atoms in total. The first-order chi connectivity index (χ1) is 10.0. The van der Waals surface area contributed by atoms with Crippen LogP contribution >= 0.6 is 11.6 Å². The third kappa shape index (κ3) is 5.01. The third-order valence-corrected chi connectivity index (χ3v) is 3.73. The number of hydrogen-bond acceptors (Lipinski definition) is 3. The standard InChI is InChI=1S/C15H17ClFNO3/c16-11-5-6-12(17)13(8-11)18-14(19)9-21-15(20)7-10-3-1-2-4-10/h5-6,8,10H,1-4,7,9H2,(H,18,19). The van der Waals surface area contributed by atoms with E-state index in [0.29, 0.717) is 17.4 Å². The lowest BCUT2D eigenvalue weighted by atomic mass is 10.1. The number of halogens is 2. The van der Waals surface area contributed by atoms with Gasteiger partial charge in [-0.25, -0.2) is 4.39 Å². The Morgan fingerprint density at radius 1 is 1.33 bits per heavy atom. The van der Waals surface area contributed by atoms with Crippen molar-refractivity contribution in [2.45, 2.75) is 32.1 Å². The zero-order valence-corrected chi connectivity index (χ0v) is 12.3. The van der Waals surface area contributed by atoms with Crippen molar-refractivity contribution in [1.29, 1.82) is 0 Å². The van der Waals surface area contributed by atoms with E-state index in [2.05, 4.69) is 5.32 Å². The van der Waals surface area contributed by atoms with Gasteiger partial charge >= 0.3 is 5.97 Å². The van der Waals surface area contributed by atoms with Gasteiger partial charge in [0.1, 0.15) is 5.82 Å². The fourth-order valence-corrected chi connectivity index (χ4v) is 2.61. The van der Waals surface area contributed by atoms with E-state index < -0.39 is 18.3 Å². The summed E-state index contributed by atoms with van der Waals surface area (Å²) in [5, 5.41) is 2.63. The van der Waals surface area contributed by atoms with Crippen LogP contribution in [0, 0.1) is 11.7 Å². The van der Waals surface area contributed by atoms with Crippen LogP contribution in [0.15, 0.2) is 18.2 Å². The molecule has 114 valence electrons. The van der Waals surface area contributed by atoms with Crippen LogP contribution in [0.5, 0.6) is 0 Å². The van der Waals surface area contributed by atoms with Crippen LogP contribution in [0.4, 0.5) is 10.1 Å². The van der Waals surface area contributed by atoms with E-state index in [1.807, 2.05) is 0 Å². The number of ether oxygens (including phenoxy) is 1. The van der Waals surface area contributed by atoms with Crippen LogP contribution < -0.4 is 5.32 Å². The highest BCUT2D eigenvalue weighted by atomic mass is 35.5. The fourth-order valence-electron chi connectivity index (χ4n) is 2.43. The molecule has 1 saturated carbocycles. The van der Waals surface area contributed by atoms with Crippen molar-refractivity contribution in [2.24, 2.45) is 5.92 Å². The lowest BCUT2D eigenvalue weighted by molar-refractivity contribution is -0.148. The van der Waals surface area contributed by atoms with Gasteiger partial charge in [-0.1, -0.05) is 24.4 Å². The monoisotopic (exact) mass is 313 g/mol. The third-order valence-electron chi connectivity index (χ3n) is 3.50. The molecule has 2 rings (SSSR count). The van der Waals surface area contributed by atoms with E-state index >= 15 is 0 Å². The van der Waals surface area contributed by atoms with Crippen LogP contribution in [-0.4, -0.2) is 18.5 Å². The van der Waals surface area contributed by atoms with E-state index in [1.54, 1.807) is 0 Å². The minimum absolute atomic E-state index is 0.0284. The maximum atomic E-state index is 13.4. The first-order valence-electron chi connectivity index (χ1n) is 6.95. The maximum absolute atomic E-state index is 13.4. The molecule has 0 heterocycles. The molecule has 6 heteroatoms. The van der Waals surface area contributed by atoms with Gasteiger partial charge in [-0.05, 0) is 37.0 Å². The summed E-state index contributed by atoms with van der Waals surface area (Å²) in [5.41, 5.74) is -0.0284. The van der Waals surface area contributed by atoms with Crippen molar-refractivity contribution in [3.8, 4) is 0 Å². The number of esters is 1. The Morgan fingerprint density at radius 3 is 2.76 bits per heavy atom. The average Bonchev–Trinajstić information content (AvgIpc) is 2.93. The molecule has 0 aliphatic heterocycles. The van der Waals surface area contributed by atoms with Gasteiger partial charge in [0, 0.05) is 11.4 Å². The average molecular weight is 314 g/mol. The molecule has 0 atom stereocenters. The molecule has 1 amide bonds. The molecule has 21 heavy (non-hydrogen) atoms.